The topological polar surface area (TPSA) is 97.1 Å². The maximum atomic E-state index is 12.7. The fraction of sp³-hybridized carbons (Fsp3) is 0.0476. The van der Waals surface area contributed by atoms with Gasteiger partial charge in [-0.3, -0.25) is 14.9 Å². The number of hydrogen-bond donors (Lipinski definition) is 2. The molecule has 144 valence electrons. The van der Waals surface area contributed by atoms with Crippen LogP contribution < -0.4 is 10.9 Å². The number of rotatable bonds is 4. The van der Waals surface area contributed by atoms with E-state index in [1.54, 1.807) is 18.2 Å². The van der Waals surface area contributed by atoms with Crippen LogP contribution in [0.15, 0.2) is 70.8 Å². The number of carbonyl (C=O) groups excluding carboxylic acids is 1. The van der Waals surface area contributed by atoms with Gasteiger partial charge in [0.05, 0.1) is 11.4 Å². The second-order valence-electron chi connectivity index (χ2n) is 6.33. The molecule has 0 aliphatic carbocycles. The van der Waals surface area contributed by atoms with Gasteiger partial charge in [0.25, 0.3) is 11.5 Å². The minimum absolute atomic E-state index is 0.262. The van der Waals surface area contributed by atoms with Crippen molar-refractivity contribution >= 4 is 22.4 Å². The quantitative estimate of drug-likeness (QED) is 0.541. The second-order valence-corrected chi connectivity index (χ2v) is 7.18. The number of nitrogens with one attached hydrogen (secondary N) is 1. The van der Waals surface area contributed by atoms with Gasteiger partial charge in [-0.25, -0.2) is 4.98 Å². The summed E-state index contributed by atoms with van der Waals surface area (Å²) in [7, 11) is 0. The number of hydrogen-bond acceptors (Lipinski definition) is 6. The highest BCUT2D eigenvalue weighted by atomic mass is 32.1. The summed E-state index contributed by atoms with van der Waals surface area (Å²) < 4.78 is 1.08. The number of amides is 1. The van der Waals surface area contributed by atoms with E-state index >= 15 is 0 Å². The maximum Gasteiger partial charge on any atom is 0.281 e. The second kappa shape index (κ2) is 7.69. The van der Waals surface area contributed by atoms with E-state index in [1.807, 2.05) is 48.7 Å². The molecule has 4 aromatic rings. The van der Waals surface area contributed by atoms with Gasteiger partial charge in [-0.2, -0.15) is 9.78 Å². The Balaban J connectivity index is 1.63. The molecule has 2 aromatic carbocycles. The van der Waals surface area contributed by atoms with Gasteiger partial charge in [-0.15, -0.1) is 11.3 Å². The SMILES string of the molecule is Cc1cccc(-n2nc(C(=O)Nc3nc(-c4ccccc4)cs3)c(O)cc2=O)c1. The van der Waals surface area contributed by atoms with E-state index in [4.69, 9.17) is 0 Å². The van der Waals surface area contributed by atoms with Gasteiger partial charge < -0.3 is 5.11 Å². The first kappa shape index (κ1) is 18.6. The molecule has 29 heavy (non-hydrogen) atoms. The van der Waals surface area contributed by atoms with Crippen LogP contribution in [0.5, 0.6) is 5.75 Å². The van der Waals surface area contributed by atoms with Crippen LogP contribution in [0, 0.1) is 6.92 Å². The standard InChI is InChI=1S/C21H16N4O3S/c1-13-6-5-9-15(10-13)25-18(27)11-17(26)19(24-25)20(28)23-21-22-16(12-29-21)14-7-3-2-4-8-14/h2-12,26H,1H3,(H,22,23,28). The number of anilines is 1. The Morgan fingerprint density at radius 1 is 1.10 bits per heavy atom. The van der Waals surface area contributed by atoms with Crippen LogP contribution in [0.25, 0.3) is 16.9 Å². The third-order valence-corrected chi connectivity index (χ3v) is 4.92. The summed E-state index contributed by atoms with van der Waals surface area (Å²) in [6.07, 6.45) is 0. The molecular formula is C21H16N4O3S. The lowest BCUT2D eigenvalue weighted by atomic mass is 10.2. The third kappa shape index (κ3) is 3.92. The number of nitrogens with zero attached hydrogens (tertiary/aromatic N) is 3. The molecule has 0 unspecified atom stereocenters. The summed E-state index contributed by atoms with van der Waals surface area (Å²) >= 11 is 1.26. The van der Waals surface area contributed by atoms with Crippen molar-refractivity contribution in [2.75, 3.05) is 5.32 Å². The number of aromatic hydroxyl groups is 1. The first-order valence-electron chi connectivity index (χ1n) is 8.74. The molecule has 0 spiro atoms. The first-order chi connectivity index (χ1) is 14.0. The van der Waals surface area contributed by atoms with Crippen LogP contribution in [0.4, 0.5) is 5.13 Å². The van der Waals surface area contributed by atoms with Crippen molar-refractivity contribution < 1.29 is 9.90 Å². The maximum absolute atomic E-state index is 12.7. The molecule has 0 saturated heterocycles. The molecule has 0 saturated carbocycles. The normalized spacial score (nSPS) is 10.7. The number of aromatic nitrogens is 3. The Morgan fingerprint density at radius 2 is 1.90 bits per heavy atom. The van der Waals surface area contributed by atoms with Crippen LogP contribution in [0.3, 0.4) is 0 Å². The van der Waals surface area contributed by atoms with Gasteiger partial charge in [0.15, 0.2) is 16.6 Å². The average Bonchev–Trinajstić information content (AvgIpc) is 3.17. The number of carbonyl (C=O) groups is 1. The van der Waals surface area contributed by atoms with Crippen LogP contribution in [-0.4, -0.2) is 25.8 Å². The van der Waals surface area contributed by atoms with E-state index in [2.05, 4.69) is 15.4 Å². The van der Waals surface area contributed by atoms with Crippen molar-refractivity contribution in [2.45, 2.75) is 6.92 Å². The van der Waals surface area contributed by atoms with Crippen molar-refractivity contribution in [1.29, 1.82) is 0 Å². The lowest BCUT2D eigenvalue weighted by Crippen LogP contribution is -2.25. The van der Waals surface area contributed by atoms with Gasteiger partial charge >= 0.3 is 0 Å². The highest BCUT2D eigenvalue weighted by Crippen LogP contribution is 2.25. The predicted octanol–water partition coefficient (Wildman–Crippen LogP) is 3.62. The third-order valence-electron chi connectivity index (χ3n) is 4.17. The molecule has 0 radical (unpaired) electrons. The minimum atomic E-state index is -0.655. The summed E-state index contributed by atoms with van der Waals surface area (Å²) in [5.74, 6) is -1.14. The zero-order valence-electron chi connectivity index (χ0n) is 15.4. The Labute approximate surface area is 169 Å². The number of thiazole rings is 1. The molecule has 2 aromatic heterocycles. The van der Waals surface area contributed by atoms with Crippen LogP contribution in [0.1, 0.15) is 16.1 Å². The van der Waals surface area contributed by atoms with Crippen LogP contribution >= 0.6 is 11.3 Å². The zero-order chi connectivity index (χ0) is 20.4. The van der Waals surface area contributed by atoms with E-state index < -0.39 is 17.2 Å². The summed E-state index contributed by atoms with van der Waals surface area (Å²) in [6, 6.07) is 17.7. The van der Waals surface area contributed by atoms with Crippen LogP contribution in [-0.2, 0) is 0 Å². The van der Waals surface area contributed by atoms with Crippen LogP contribution in [0.2, 0.25) is 0 Å². The molecule has 2 N–H and O–H groups in total. The zero-order valence-corrected chi connectivity index (χ0v) is 16.2. The molecule has 0 aliphatic heterocycles. The summed E-state index contributed by atoms with van der Waals surface area (Å²) in [5, 5.41) is 19.0. The number of aryl methyl sites for hydroxylation is 1. The van der Waals surface area contributed by atoms with Gasteiger partial charge in [0.1, 0.15) is 0 Å². The molecule has 7 nitrogen and oxygen atoms in total. The molecule has 0 bridgehead atoms. The monoisotopic (exact) mass is 404 g/mol. The van der Waals surface area contributed by atoms with Gasteiger partial charge in [-0.1, -0.05) is 42.5 Å². The highest BCUT2D eigenvalue weighted by Gasteiger charge is 2.18. The average molecular weight is 404 g/mol. The van der Waals surface area contributed by atoms with E-state index in [1.165, 1.54) is 11.3 Å². The van der Waals surface area contributed by atoms with Crippen molar-refractivity contribution in [3.05, 3.63) is 87.7 Å². The molecule has 0 aliphatic rings. The fourth-order valence-electron chi connectivity index (χ4n) is 2.78. The minimum Gasteiger partial charge on any atom is -0.505 e. The molecule has 0 atom stereocenters. The predicted molar refractivity (Wildman–Crippen MR) is 112 cm³/mol. The molecule has 1 amide bonds. The van der Waals surface area contributed by atoms with Gasteiger partial charge in [0, 0.05) is 17.0 Å². The summed E-state index contributed by atoms with van der Waals surface area (Å²) in [5.41, 5.74) is 2.30. The lowest BCUT2D eigenvalue weighted by molar-refractivity contribution is 0.101. The lowest BCUT2D eigenvalue weighted by Gasteiger charge is -2.09. The Bertz CT molecular complexity index is 1250. The molecule has 2 heterocycles. The highest BCUT2D eigenvalue weighted by molar-refractivity contribution is 7.14. The Kier molecular flexibility index (Phi) is 4.92. The van der Waals surface area contributed by atoms with Crippen molar-refractivity contribution in [1.82, 2.24) is 14.8 Å². The fourth-order valence-corrected chi connectivity index (χ4v) is 3.50. The van der Waals surface area contributed by atoms with E-state index in [0.717, 1.165) is 27.6 Å². The van der Waals surface area contributed by atoms with Gasteiger partial charge in [0.2, 0.25) is 0 Å². The number of benzene rings is 2. The van der Waals surface area contributed by atoms with Crippen molar-refractivity contribution in [3.63, 3.8) is 0 Å². The van der Waals surface area contributed by atoms with E-state index in [-0.39, 0.29) is 5.69 Å². The molecule has 4 rings (SSSR count). The molecule has 0 fully saturated rings. The first-order valence-corrected chi connectivity index (χ1v) is 9.62. The smallest absolute Gasteiger partial charge is 0.281 e. The van der Waals surface area contributed by atoms with Gasteiger partial charge in [-0.05, 0) is 24.6 Å². The summed E-state index contributed by atoms with van der Waals surface area (Å²) in [4.78, 5) is 29.3. The Morgan fingerprint density at radius 3 is 2.66 bits per heavy atom. The van der Waals surface area contributed by atoms with E-state index in [0.29, 0.717) is 10.8 Å². The molecular weight excluding hydrogens is 388 g/mol. The summed E-state index contributed by atoms with van der Waals surface area (Å²) in [6.45, 7) is 1.88. The van der Waals surface area contributed by atoms with Crippen molar-refractivity contribution in [3.8, 4) is 22.7 Å². The largest absolute Gasteiger partial charge is 0.505 e. The Hall–Kier alpha value is -3.78. The van der Waals surface area contributed by atoms with Crippen molar-refractivity contribution in [2.24, 2.45) is 0 Å². The van der Waals surface area contributed by atoms with E-state index in [9.17, 15) is 14.7 Å². The molecule has 8 heteroatoms.